The standard InChI is InChI=1S/C11H10N4O/c12-4-8(5-13)7-3-10-9(14-6-7)1-2-11(16)15-10/h1-6,8,12-13H,(H,15,16). The van der Waals surface area contributed by atoms with Crippen LogP contribution < -0.4 is 5.56 Å². The van der Waals surface area contributed by atoms with Gasteiger partial charge in [0.05, 0.1) is 17.0 Å². The average molecular weight is 214 g/mol. The lowest BCUT2D eigenvalue weighted by Crippen LogP contribution is -2.05. The summed E-state index contributed by atoms with van der Waals surface area (Å²) in [5.74, 6) is -0.388. The molecule has 2 aromatic heterocycles. The number of hydrogen-bond acceptors (Lipinski definition) is 4. The van der Waals surface area contributed by atoms with Gasteiger partial charge in [0.25, 0.3) is 0 Å². The lowest BCUT2D eigenvalue weighted by atomic mass is 10.0. The summed E-state index contributed by atoms with van der Waals surface area (Å²) in [5, 5.41) is 14.3. The summed E-state index contributed by atoms with van der Waals surface area (Å²) in [6.07, 6.45) is 3.94. The molecular weight excluding hydrogens is 204 g/mol. The summed E-state index contributed by atoms with van der Waals surface area (Å²) >= 11 is 0. The number of aromatic nitrogens is 2. The Morgan fingerprint density at radius 1 is 1.31 bits per heavy atom. The third kappa shape index (κ3) is 1.75. The average Bonchev–Trinajstić information content (AvgIpc) is 2.30. The van der Waals surface area contributed by atoms with Crippen molar-refractivity contribution >= 4 is 23.5 Å². The van der Waals surface area contributed by atoms with Crippen LogP contribution in [0.25, 0.3) is 11.0 Å². The smallest absolute Gasteiger partial charge is 0.248 e. The molecule has 0 radical (unpaired) electrons. The zero-order valence-electron chi connectivity index (χ0n) is 8.40. The van der Waals surface area contributed by atoms with E-state index in [1.54, 1.807) is 18.3 Å². The van der Waals surface area contributed by atoms with Gasteiger partial charge < -0.3 is 15.8 Å². The number of pyridine rings is 2. The van der Waals surface area contributed by atoms with Crippen molar-refractivity contribution in [3.8, 4) is 0 Å². The number of fused-ring (bicyclic) bond motifs is 1. The molecule has 0 spiro atoms. The molecule has 5 heteroatoms. The highest BCUT2D eigenvalue weighted by Crippen LogP contribution is 2.14. The topological polar surface area (TPSA) is 93.4 Å². The van der Waals surface area contributed by atoms with Crippen molar-refractivity contribution in [2.24, 2.45) is 0 Å². The summed E-state index contributed by atoms with van der Waals surface area (Å²) in [7, 11) is 0. The van der Waals surface area contributed by atoms with E-state index < -0.39 is 0 Å². The molecule has 0 aliphatic rings. The molecule has 3 N–H and O–H groups in total. The quantitative estimate of drug-likeness (QED) is 0.672. The van der Waals surface area contributed by atoms with Gasteiger partial charge in [-0.3, -0.25) is 9.78 Å². The maximum absolute atomic E-state index is 11.1. The van der Waals surface area contributed by atoms with Gasteiger partial charge in [0.1, 0.15) is 0 Å². The number of aromatic amines is 1. The van der Waals surface area contributed by atoms with Crippen molar-refractivity contribution in [3.63, 3.8) is 0 Å². The van der Waals surface area contributed by atoms with Crippen LogP contribution in [0.4, 0.5) is 0 Å². The molecule has 80 valence electrons. The molecule has 0 fully saturated rings. The molecule has 0 aromatic carbocycles. The van der Waals surface area contributed by atoms with Crippen LogP contribution in [0.5, 0.6) is 0 Å². The van der Waals surface area contributed by atoms with E-state index >= 15 is 0 Å². The first-order valence-corrected chi connectivity index (χ1v) is 4.75. The van der Waals surface area contributed by atoms with Crippen molar-refractivity contribution < 1.29 is 0 Å². The first-order chi connectivity index (χ1) is 7.74. The maximum atomic E-state index is 11.1. The second-order valence-corrected chi connectivity index (χ2v) is 3.38. The highest BCUT2D eigenvalue weighted by molar-refractivity contribution is 5.88. The van der Waals surface area contributed by atoms with Crippen molar-refractivity contribution in [2.45, 2.75) is 5.92 Å². The fraction of sp³-hybridized carbons (Fsp3) is 0.0909. The third-order valence-electron chi connectivity index (χ3n) is 2.33. The highest BCUT2D eigenvalue weighted by atomic mass is 16.1. The molecule has 2 heterocycles. The van der Waals surface area contributed by atoms with E-state index in [0.29, 0.717) is 11.0 Å². The van der Waals surface area contributed by atoms with E-state index in [2.05, 4.69) is 9.97 Å². The monoisotopic (exact) mass is 214 g/mol. The SMILES string of the molecule is N=CC(C=N)c1cnc2ccc(=O)[nH]c2c1. The predicted molar refractivity (Wildman–Crippen MR) is 62.7 cm³/mol. The molecule has 0 bridgehead atoms. The van der Waals surface area contributed by atoms with E-state index in [0.717, 1.165) is 18.0 Å². The fourth-order valence-electron chi connectivity index (χ4n) is 1.48. The highest BCUT2D eigenvalue weighted by Gasteiger charge is 2.06. The first-order valence-electron chi connectivity index (χ1n) is 4.75. The Kier molecular flexibility index (Phi) is 2.59. The number of rotatable bonds is 3. The molecule has 0 saturated carbocycles. The number of nitrogens with zero attached hydrogens (tertiary/aromatic N) is 1. The number of H-pyrrole nitrogens is 1. The molecule has 0 amide bonds. The van der Waals surface area contributed by atoms with Crippen LogP contribution in [-0.2, 0) is 0 Å². The van der Waals surface area contributed by atoms with Crippen LogP contribution in [0.1, 0.15) is 11.5 Å². The van der Waals surface area contributed by atoms with Crippen LogP contribution in [0.2, 0.25) is 0 Å². The Balaban J connectivity index is 2.62. The Bertz CT molecular complexity index is 594. The number of hydrogen-bond donors (Lipinski definition) is 3. The van der Waals surface area contributed by atoms with Crippen LogP contribution in [0, 0.1) is 10.8 Å². The van der Waals surface area contributed by atoms with Crippen molar-refractivity contribution in [3.05, 3.63) is 40.3 Å². The minimum Gasteiger partial charge on any atom is -0.321 e. The van der Waals surface area contributed by atoms with E-state index in [1.807, 2.05) is 0 Å². The summed E-state index contributed by atoms with van der Waals surface area (Å²) < 4.78 is 0. The molecule has 0 aliphatic heterocycles. The third-order valence-corrected chi connectivity index (χ3v) is 2.33. The zero-order chi connectivity index (χ0) is 11.5. The van der Waals surface area contributed by atoms with Gasteiger partial charge in [-0.2, -0.15) is 0 Å². The maximum Gasteiger partial charge on any atom is 0.248 e. The number of nitrogens with one attached hydrogen (secondary N) is 3. The lowest BCUT2D eigenvalue weighted by Gasteiger charge is -2.05. The minimum absolute atomic E-state index is 0.187. The van der Waals surface area contributed by atoms with Crippen LogP contribution >= 0.6 is 0 Å². The summed E-state index contributed by atoms with van der Waals surface area (Å²) in [4.78, 5) is 18.0. The Hall–Kier alpha value is -2.30. The lowest BCUT2D eigenvalue weighted by molar-refractivity contribution is 1.17. The summed E-state index contributed by atoms with van der Waals surface area (Å²) in [5.41, 5.74) is 1.85. The molecular formula is C11H10N4O. The van der Waals surface area contributed by atoms with Gasteiger partial charge in [-0.25, -0.2) is 0 Å². The second-order valence-electron chi connectivity index (χ2n) is 3.38. The largest absolute Gasteiger partial charge is 0.321 e. The molecule has 0 atom stereocenters. The van der Waals surface area contributed by atoms with E-state index in [4.69, 9.17) is 10.8 Å². The second kappa shape index (κ2) is 4.06. The molecule has 2 rings (SSSR count). The van der Waals surface area contributed by atoms with Gasteiger partial charge in [-0.1, -0.05) is 0 Å². The Labute approximate surface area is 91.2 Å². The van der Waals surface area contributed by atoms with Crippen LogP contribution in [0.3, 0.4) is 0 Å². The Morgan fingerprint density at radius 3 is 2.75 bits per heavy atom. The van der Waals surface area contributed by atoms with Gasteiger partial charge in [0.15, 0.2) is 0 Å². The first kappa shape index (κ1) is 10.2. The van der Waals surface area contributed by atoms with Gasteiger partial charge in [0, 0.05) is 24.7 Å². The van der Waals surface area contributed by atoms with Gasteiger partial charge >= 0.3 is 0 Å². The van der Waals surface area contributed by atoms with E-state index in [1.165, 1.54) is 6.07 Å². The normalized spacial score (nSPS) is 12.2. The molecule has 2 aromatic rings. The Morgan fingerprint density at radius 2 is 2.06 bits per heavy atom. The van der Waals surface area contributed by atoms with Crippen LogP contribution in [0.15, 0.2) is 29.2 Å². The van der Waals surface area contributed by atoms with Gasteiger partial charge in [-0.15, -0.1) is 0 Å². The summed E-state index contributed by atoms with van der Waals surface area (Å²) in [6.45, 7) is 0. The molecule has 0 saturated heterocycles. The van der Waals surface area contributed by atoms with Crippen molar-refractivity contribution in [1.29, 1.82) is 10.8 Å². The molecule has 0 unspecified atom stereocenters. The molecule has 0 aliphatic carbocycles. The molecule has 16 heavy (non-hydrogen) atoms. The zero-order valence-corrected chi connectivity index (χ0v) is 8.40. The van der Waals surface area contributed by atoms with Crippen LogP contribution in [-0.4, -0.2) is 22.4 Å². The minimum atomic E-state index is -0.388. The fourth-order valence-corrected chi connectivity index (χ4v) is 1.48. The van der Waals surface area contributed by atoms with Crippen molar-refractivity contribution in [1.82, 2.24) is 9.97 Å². The van der Waals surface area contributed by atoms with Gasteiger partial charge in [-0.05, 0) is 17.7 Å². The van der Waals surface area contributed by atoms with Gasteiger partial charge in [0.2, 0.25) is 5.56 Å². The van der Waals surface area contributed by atoms with E-state index in [9.17, 15) is 4.79 Å². The summed E-state index contributed by atoms with van der Waals surface area (Å²) in [6, 6.07) is 4.80. The molecule has 5 nitrogen and oxygen atoms in total. The van der Waals surface area contributed by atoms with E-state index in [-0.39, 0.29) is 11.5 Å². The van der Waals surface area contributed by atoms with Crippen molar-refractivity contribution in [2.75, 3.05) is 0 Å². The predicted octanol–water partition coefficient (Wildman–Crippen LogP) is 1.31.